The van der Waals surface area contributed by atoms with Gasteiger partial charge in [-0.2, -0.15) is 0 Å². The molecular formula is C8H16O6. The van der Waals surface area contributed by atoms with Gasteiger partial charge in [0, 0.05) is 6.61 Å². The molecule has 1 aliphatic heterocycles. The maximum atomic E-state index is 9.57. The van der Waals surface area contributed by atoms with Crippen molar-refractivity contribution in [3.05, 3.63) is 0 Å². The third kappa shape index (κ3) is 1.90. The standard InChI is InChI=1S/C8H16O6/c1-2-13-8(4-9)7(12)6(11)5(10)3-14-8/h5-7,9-12H,2-4H2,1H3/t5-,6-,7+,8-/m1/s1. The quantitative estimate of drug-likeness (QED) is 0.421. The minimum absolute atomic E-state index is 0.182. The Hall–Kier alpha value is -0.240. The van der Waals surface area contributed by atoms with Crippen LogP contribution in [0.2, 0.25) is 0 Å². The first-order valence-electron chi connectivity index (χ1n) is 4.50. The van der Waals surface area contributed by atoms with Crippen LogP contribution >= 0.6 is 0 Å². The topological polar surface area (TPSA) is 99.4 Å². The van der Waals surface area contributed by atoms with Crippen LogP contribution in [-0.2, 0) is 9.47 Å². The van der Waals surface area contributed by atoms with Crippen molar-refractivity contribution in [1.29, 1.82) is 0 Å². The van der Waals surface area contributed by atoms with E-state index in [-0.39, 0.29) is 13.2 Å². The second-order valence-electron chi connectivity index (χ2n) is 3.22. The maximum Gasteiger partial charge on any atom is 0.221 e. The van der Waals surface area contributed by atoms with E-state index in [0.29, 0.717) is 0 Å². The Labute approximate surface area is 81.7 Å². The zero-order valence-electron chi connectivity index (χ0n) is 7.96. The Balaban J connectivity index is 2.76. The molecule has 0 bridgehead atoms. The monoisotopic (exact) mass is 208 g/mol. The number of hydrogen-bond donors (Lipinski definition) is 4. The van der Waals surface area contributed by atoms with E-state index >= 15 is 0 Å². The minimum atomic E-state index is -1.62. The molecule has 6 heteroatoms. The average molecular weight is 208 g/mol. The van der Waals surface area contributed by atoms with Crippen LogP contribution < -0.4 is 0 Å². The lowest BCUT2D eigenvalue weighted by Gasteiger charge is -2.43. The van der Waals surface area contributed by atoms with E-state index in [0.717, 1.165) is 0 Å². The third-order valence-electron chi connectivity index (χ3n) is 2.28. The molecular weight excluding hydrogens is 192 g/mol. The van der Waals surface area contributed by atoms with Crippen molar-refractivity contribution < 1.29 is 29.9 Å². The Bertz CT molecular complexity index is 187. The van der Waals surface area contributed by atoms with E-state index in [2.05, 4.69) is 0 Å². The van der Waals surface area contributed by atoms with Gasteiger partial charge in [0.25, 0.3) is 0 Å². The molecule has 0 radical (unpaired) electrons. The molecule has 6 nitrogen and oxygen atoms in total. The van der Waals surface area contributed by atoms with Crippen molar-refractivity contribution in [3.63, 3.8) is 0 Å². The van der Waals surface area contributed by atoms with E-state index in [1.54, 1.807) is 6.92 Å². The number of aliphatic hydroxyl groups is 4. The van der Waals surface area contributed by atoms with Gasteiger partial charge in [0.2, 0.25) is 5.79 Å². The summed E-state index contributed by atoms with van der Waals surface area (Å²) in [6, 6.07) is 0. The number of hydrogen-bond acceptors (Lipinski definition) is 6. The van der Waals surface area contributed by atoms with E-state index < -0.39 is 30.7 Å². The molecule has 84 valence electrons. The van der Waals surface area contributed by atoms with Crippen LogP contribution in [0, 0.1) is 0 Å². The predicted molar refractivity (Wildman–Crippen MR) is 45.4 cm³/mol. The van der Waals surface area contributed by atoms with Gasteiger partial charge < -0.3 is 29.9 Å². The Kier molecular flexibility index (Phi) is 3.82. The second-order valence-corrected chi connectivity index (χ2v) is 3.22. The fraction of sp³-hybridized carbons (Fsp3) is 1.00. The molecule has 0 aromatic heterocycles. The van der Waals surface area contributed by atoms with Crippen LogP contribution in [0.25, 0.3) is 0 Å². The van der Waals surface area contributed by atoms with E-state index in [9.17, 15) is 15.3 Å². The van der Waals surface area contributed by atoms with E-state index in [1.807, 2.05) is 0 Å². The molecule has 0 aromatic rings. The summed E-state index contributed by atoms with van der Waals surface area (Å²) in [5.41, 5.74) is 0. The van der Waals surface area contributed by atoms with Crippen LogP contribution in [0.5, 0.6) is 0 Å². The molecule has 1 aliphatic rings. The highest BCUT2D eigenvalue weighted by atomic mass is 16.7. The van der Waals surface area contributed by atoms with Gasteiger partial charge in [-0.15, -0.1) is 0 Å². The van der Waals surface area contributed by atoms with Crippen molar-refractivity contribution >= 4 is 0 Å². The molecule has 0 spiro atoms. The lowest BCUT2D eigenvalue weighted by atomic mass is 9.97. The van der Waals surface area contributed by atoms with Gasteiger partial charge in [-0.1, -0.05) is 0 Å². The average Bonchev–Trinajstić information content (AvgIpc) is 2.20. The van der Waals surface area contributed by atoms with Crippen LogP contribution in [0.15, 0.2) is 0 Å². The summed E-state index contributed by atoms with van der Waals surface area (Å²) in [5.74, 6) is -1.62. The molecule has 4 N–H and O–H groups in total. The summed E-state index contributed by atoms with van der Waals surface area (Å²) in [4.78, 5) is 0. The zero-order chi connectivity index (χ0) is 10.8. The summed E-state index contributed by atoms with van der Waals surface area (Å²) in [7, 11) is 0. The molecule has 0 unspecified atom stereocenters. The number of aliphatic hydroxyl groups excluding tert-OH is 4. The van der Waals surface area contributed by atoms with Crippen LogP contribution in [-0.4, -0.2) is 64.3 Å². The Morgan fingerprint density at radius 2 is 2.07 bits per heavy atom. The van der Waals surface area contributed by atoms with Gasteiger partial charge in [0.15, 0.2) is 0 Å². The first kappa shape index (κ1) is 11.8. The summed E-state index contributed by atoms with van der Waals surface area (Å²) < 4.78 is 10.1. The second kappa shape index (κ2) is 4.52. The lowest BCUT2D eigenvalue weighted by Crippen LogP contribution is -2.63. The Morgan fingerprint density at radius 3 is 2.57 bits per heavy atom. The fourth-order valence-electron chi connectivity index (χ4n) is 1.44. The van der Waals surface area contributed by atoms with Crippen molar-refractivity contribution in [2.75, 3.05) is 19.8 Å². The molecule has 0 aromatic carbocycles. The van der Waals surface area contributed by atoms with Crippen LogP contribution in [0.4, 0.5) is 0 Å². The van der Waals surface area contributed by atoms with Gasteiger partial charge in [-0.25, -0.2) is 0 Å². The SMILES string of the molecule is CCO[C@]1(CO)OC[C@@H](O)[C@@H](O)[C@@H]1O. The van der Waals surface area contributed by atoms with Gasteiger partial charge in [-0.3, -0.25) is 0 Å². The van der Waals surface area contributed by atoms with Crippen LogP contribution in [0.1, 0.15) is 6.92 Å². The normalized spacial score (nSPS) is 43.9. The summed E-state index contributed by atoms with van der Waals surface area (Å²) in [5, 5.41) is 37.2. The van der Waals surface area contributed by atoms with E-state index in [1.165, 1.54) is 0 Å². The first-order valence-corrected chi connectivity index (χ1v) is 4.50. The molecule has 1 heterocycles. The summed E-state index contributed by atoms with van der Waals surface area (Å²) >= 11 is 0. The van der Waals surface area contributed by atoms with E-state index in [4.69, 9.17) is 14.6 Å². The van der Waals surface area contributed by atoms with Gasteiger partial charge in [-0.05, 0) is 6.92 Å². The minimum Gasteiger partial charge on any atom is -0.391 e. The fourth-order valence-corrected chi connectivity index (χ4v) is 1.44. The molecule has 1 fully saturated rings. The van der Waals surface area contributed by atoms with Gasteiger partial charge in [0.1, 0.15) is 24.9 Å². The highest BCUT2D eigenvalue weighted by molar-refractivity contribution is 4.92. The summed E-state index contributed by atoms with van der Waals surface area (Å²) in [6.07, 6.45) is -4.00. The number of ether oxygens (including phenoxy) is 2. The molecule has 0 saturated carbocycles. The van der Waals surface area contributed by atoms with Crippen molar-refractivity contribution in [2.24, 2.45) is 0 Å². The highest BCUT2D eigenvalue weighted by Crippen LogP contribution is 2.27. The largest absolute Gasteiger partial charge is 0.391 e. The molecule has 1 saturated heterocycles. The third-order valence-corrected chi connectivity index (χ3v) is 2.28. The molecule has 1 rings (SSSR count). The summed E-state index contributed by atoms with van der Waals surface area (Å²) in [6.45, 7) is 1.13. The Morgan fingerprint density at radius 1 is 1.43 bits per heavy atom. The molecule has 0 amide bonds. The first-order chi connectivity index (χ1) is 6.57. The molecule has 0 aliphatic carbocycles. The van der Waals surface area contributed by atoms with Crippen molar-refractivity contribution in [2.45, 2.75) is 31.0 Å². The molecule has 4 atom stereocenters. The highest BCUT2D eigenvalue weighted by Gasteiger charge is 2.50. The van der Waals surface area contributed by atoms with Crippen molar-refractivity contribution in [1.82, 2.24) is 0 Å². The van der Waals surface area contributed by atoms with Gasteiger partial charge >= 0.3 is 0 Å². The smallest absolute Gasteiger partial charge is 0.221 e. The van der Waals surface area contributed by atoms with Crippen LogP contribution in [0.3, 0.4) is 0 Å². The zero-order valence-corrected chi connectivity index (χ0v) is 7.96. The van der Waals surface area contributed by atoms with Crippen molar-refractivity contribution in [3.8, 4) is 0 Å². The molecule has 14 heavy (non-hydrogen) atoms. The lowest BCUT2D eigenvalue weighted by molar-refractivity contribution is -0.347. The number of rotatable bonds is 3. The predicted octanol–water partition coefficient (Wildman–Crippen LogP) is -2.18. The van der Waals surface area contributed by atoms with Gasteiger partial charge in [0.05, 0.1) is 6.61 Å². The maximum absolute atomic E-state index is 9.57.